The minimum absolute atomic E-state index is 0.0345. The average Bonchev–Trinajstić information content (AvgIpc) is 3.19. The van der Waals surface area contributed by atoms with Crippen LogP contribution in [0.15, 0.2) is 24.4 Å². The highest BCUT2D eigenvalue weighted by Crippen LogP contribution is 2.41. The zero-order valence-corrected chi connectivity index (χ0v) is 14.1. The predicted molar refractivity (Wildman–Crippen MR) is 90.4 cm³/mol. The molecule has 1 aromatic heterocycles. The Hall–Kier alpha value is -1.56. The number of hydrogen-bond donors (Lipinski definition) is 1. The Labute approximate surface area is 145 Å². The molecule has 2 saturated heterocycles. The molecule has 5 nitrogen and oxygen atoms in total. The van der Waals surface area contributed by atoms with E-state index in [4.69, 9.17) is 25.8 Å². The van der Waals surface area contributed by atoms with Gasteiger partial charge in [-0.15, -0.1) is 0 Å². The van der Waals surface area contributed by atoms with Crippen LogP contribution in [-0.2, 0) is 14.2 Å². The third-order valence-corrected chi connectivity index (χ3v) is 5.43. The van der Waals surface area contributed by atoms with Crippen LogP contribution in [0.1, 0.15) is 29.6 Å². The third-order valence-electron chi connectivity index (χ3n) is 5.11. The van der Waals surface area contributed by atoms with Crippen LogP contribution in [0.5, 0.6) is 0 Å². The second-order valence-electron chi connectivity index (χ2n) is 6.71. The SMILES string of the molecule is O=C(OCC1CC2(CCOCC2)CO1)c1c[nH]c2cccc(Cl)c12. The highest BCUT2D eigenvalue weighted by atomic mass is 35.5. The number of esters is 1. The van der Waals surface area contributed by atoms with E-state index < -0.39 is 0 Å². The van der Waals surface area contributed by atoms with Gasteiger partial charge in [-0.3, -0.25) is 0 Å². The summed E-state index contributed by atoms with van der Waals surface area (Å²) >= 11 is 6.21. The molecular weight excluding hydrogens is 330 g/mol. The van der Waals surface area contributed by atoms with Crippen molar-refractivity contribution >= 4 is 28.5 Å². The molecule has 1 spiro atoms. The van der Waals surface area contributed by atoms with Crippen LogP contribution in [0.3, 0.4) is 0 Å². The first-order valence-electron chi connectivity index (χ1n) is 8.29. The second kappa shape index (κ2) is 6.39. The van der Waals surface area contributed by atoms with Gasteiger partial charge in [-0.05, 0) is 31.4 Å². The third kappa shape index (κ3) is 2.92. The molecule has 1 aromatic carbocycles. The highest BCUT2D eigenvalue weighted by Gasteiger charge is 2.41. The van der Waals surface area contributed by atoms with Gasteiger partial charge in [0.2, 0.25) is 0 Å². The number of nitrogens with one attached hydrogen (secondary N) is 1. The Balaban J connectivity index is 1.40. The smallest absolute Gasteiger partial charge is 0.340 e. The summed E-state index contributed by atoms with van der Waals surface area (Å²) in [5.74, 6) is -0.370. The van der Waals surface area contributed by atoms with E-state index in [-0.39, 0.29) is 24.1 Å². The Bertz CT molecular complexity index is 751. The number of rotatable bonds is 3. The van der Waals surface area contributed by atoms with Crippen molar-refractivity contribution in [3.8, 4) is 0 Å². The average molecular weight is 350 g/mol. The standard InChI is InChI=1S/C18H20ClNO4/c19-14-2-1-3-15-16(14)13(9-20-15)17(21)23-10-12-8-18(11-24-12)4-6-22-7-5-18/h1-3,9,12,20H,4-8,10-11H2. The lowest BCUT2D eigenvalue weighted by Gasteiger charge is -2.31. The summed E-state index contributed by atoms with van der Waals surface area (Å²) in [5, 5.41) is 1.25. The minimum Gasteiger partial charge on any atom is -0.459 e. The zero-order chi connectivity index (χ0) is 16.6. The topological polar surface area (TPSA) is 60.6 Å². The maximum Gasteiger partial charge on any atom is 0.340 e. The molecule has 4 rings (SSSR count). The van der Waals surface area contributed by atoms with Crippen molar-refractivity contribution in [2.24, 2.45) is 5.41 Å². The molecule has 0 saturated carbocycles. The van der Waals surface area contributed by atoms with Crippen molar-refractivity contribution in [2.45, 2.75) is 25.4 Å². The normalized spacial score (nSPS) is 23.0. The first-order valence-corrected chi connectivity index (χ1v) is 8.67. The molecule has 0 radical (unpaired) electrons. The monoisotopic (exact) mass is 349 g/mol. The summed E-state index contributed by atoms with van der Waals surface area (Å²) in [4.78, 5) is 15.5. The molecule has 6 heteroatoms. The highest BCUT2D eigenvalue weighted by molar-refractivity contribution is 6.36. The Morgan fingerprint density at radius 2 is 2.21 bits per heavy atom. The van der Waals surface area contributed by atoms with Crippen LogP contribution in [0, 0.1) is 5.41 Å². The second-order valence-corrected chi connectivity index (χ2v) is 7.12. The summed E-state index contributed by atoms with van der Waals surface area (Å²) in [6, 6.07) is 5.49. The van der Waals surface area contributed by atoms with Crippen molar-refractivity contribution < 1.29 is 19.0 Å². The van der Waals surface area contributed by atoms with Crippen LogP contribution in [0.4, 0.5) is 0 Å². The van der Waals surface area contributed by atoms with Gasteiger partial charge < -0.3 is 19.2 Å². The first-order chi connectivity index (χ1) is 11.7. The maximum atomic E-state index is 12.4. The Morgan fingerprint density at radius 3 is 3.04 bits per heavy atom. The molecule has 0 amide bonds. The number of halogens is 1. The van der Waals surface area contributed by atoms with Gasteiger partial charge >= 0.3 is 5.97 Å². The molecule has 1 atom stereocenters. The maximum absolute atomic E-state index is 12.4. The van der Waals surface area contributed by atoms with Gasteiger partial charge in [-0.2, -0.15) is 0 Å². The molecular formula is C18H20ClNO4. The molecule has 128 valence electrons. The van der Waals surface area contributed by atoms with Crippen LogP contribution >= 0.6 is 11.6 Å². The van der Waals surface area contributed by atoms with Crippen molar-refractivity contribution in [1.29, 1.82) is 0 Å². The molecule has 2 fully saturated rings. The lowest BCUT2D eigenvalue weighted by molar-refractivity contribution is 0.000438. The fourth-order valence-electron chi connectivity index (χ4n) is 3.70. The van der Waals surface area contributed by atoms with Gasteiger partial charge in [-0.25, -0.2) is 4.79 Å². The number of fused-ring (bicyclic) bond motifs is 1. The quantitative estimate of drug-likeness (QED) is 0.861. The summed E-state index contributed by atoms with van der Waals surface area (Å²) < 4.78 is 16.8. The first kappa shape index (κ1) is 15.9. The number of carbonyl (C=O) groups is 1. The van der Waals surface area contributed by atoms with Crippen molar-refractivity contribution in [2.75, 3.05) is 26.4 Å². The summed E-state index contributed by atoms with van der Waals surface area (Å²) in [5.41, 5.74) is 1.50. The van der Waals surface area contributed by atoms with E-state index in [2.05, 4.69) is 4.98 Å². The lowest BCUT2D eigenvalue weighted by Crippen LogP contribution is -2.30. The zero-order valence-electron chi connectivity index (χ0n) is 13.3. The molecule has 1 unspecified atom stereocenters. The number of benzene rings is 1. The largest absolute Gasteiger partial charge is 0.459 e. The molecule has 0 aliphatic carbocycles. The van der Waals surface area contributed by atoms with Crippen LogP contribution < -0.4 is 0 Å². The minimum atomic E-state index is -0.370. The van der Waals surface area contributed by atoms with E-state index >= 15 is 0 Å². The number of aromatic nitrogens is 1. The fraction of sp³-hybridized carbons (Fsp3) is 0.500. The molecule has 1 N–H and O–H groups in total. The van der Waals surface area contributed by atoms with Crippen LogP contribution in [0.25, 0.3) is 10.9 Å². The van der Waals surface area contributed by atoms with Gasteiger partial charge in [0.25, 0.3) is 0 Å². The number of carbonyl (C=O) groups excluding carboxylic acids is 1. The van der Waals surface area contributed by atoms with E-state index in [0.717, 1.165) is 44.6 Å². The molecule has 2 aliphatic heterocycles. The number of aromatic amines is 1. The van der Waals surface area contributed by atoms with E-state index in [1.807, 2.05) is 12.1 Å². The fourth-order valence-corrected chi connectivity index (χ4v) is 3.98. The van der Waals surface area contributed by atoms with Gasteiger partial charge in [0.05, 0.1) is 23.3 Å². The van der Waals surface area contributed by atoms with Crippen molar-refractivity contribution in [3.63, 3.8) is 0 Å². The van der Waals surface area contributed by atoms with E-state index in [1.54, 1.807) is 12.3 Å². The van der Waals surface area contributed by atoms with E-state index in [1.165, 1.54) is 0 Å². The van der Waals surface area contributed by atoms with E-state index in [9.17, 15) is 4.79 Å². The number of hydrogen-bond acceptors (Lipinski definition) is 4. The van der Waals surface area contributed by atoms with Crippen LogP contribution in [0.2, 0.25) is 5.02 Å². The Morgan fingerprint density at radius 1 is 1.38 bits per heavy atom. The molecule has 24 heavy (non-hydrogen) atoms. The van der Waals surface area contributed by atoms with Crippen molar-refractivity contribution in [1.82, 2.24) is 4.98 Å². The Kier molecular flexibility index (Phi) is 4.24. The van der Waals surface area contributed by atoms with Crippen molar-refractivity contribution in [3.05, 3.63) is 35.0 Å². The molecule has 3 heterocycles. The van der Waals surface area contributed by atoms with Gasteiger partial charge in [0, 0.05) is 35.7 Å². The number of H-pyrrole nitrogens is 1. The van der Waals surface area contributed by atoms with Gasteiger partial charge in [0.1, 0.15) is 6.61 Å². The van der Waals surface area contributed by atoms with Crippen LogP contribution in [-0.4, -0.2) is 43.5 Å². The summed E-state index contributed by atoms with van der Waals surface area (Å²) in [6.07, 6.45) is 4.59. The molecule has 0 bridgehead atoms. The van der Waals surface area contributed by atoms with E-state index in [0.29, 0.717) is 16.0 Å². The van der Waals surface area contributed by atoms with Gasteiger partial charge in [0.15, 0.2) is 0 Å². The molecule has 2 aromatic rings. The molecule has 2 aliphatic rings. The van der Waals surface area contributed by atoms with Gasteiger partial charge in [-0.1, -0.05) is 17.7 Å². The lowest BCUT2D eigenvalue weighted by atomic mass is 9.78. The predicted octanol–water partition coefficient (Wildman–Crippen LogP) is 3.56. The number of ether oxygens (including phenoxy) is 3. The summed E-state index contributed by atoms with van der Waals surface area (Å²) in [6.45, 7) is 2.60. The summed E-state index contributed by atoms with van der Waals surface area (Å²) in [7, 11) is 0.